The fraction of sp³-hybridized carbons (Fsp3) is 0.600. The molecule has 0 radical (unpaired) electrons. The van der Waals surface area contributed by atoms with Gasteiger partial charge >= 0.3 is 0 Å². The highest BCUT2D eigenvalue weighted by molar-refractivity contribution is 5.65. The molecule has 0 aromatic heterocycles. The van der Waals surface area contributed by atoms with Gasteiger partial charge in [-0.25, -0.2) is 0 Å². The molecule has 6 heteroatoms. The van der Waals surface area contributed by atoms with Crippen molar-refractivity contribution in [2.24, 2.45) is 0 Å². The summed E-state index contributed by atoms with van der Waals surface area (Å²) in [4.78, 5) is 0. The van der Waals surface area contributed by atoms with Crippen LogP contribution in [-0.2, 0) is 4.74 Å². The number of benzene rings is 1. The van der Waals surface area contributed by atoms with Crippen LogP contribution in [0.3, 0.4) is 0 Å². The van der Waals surface area contributed by atoms with Crippen molar-refractivity contribution in [2.45, 2.75) is 38.8 Å². The molecule has 0 saturated heterocycles. The van der Waals surface area contributed by atoms with Crippen molar-refractivity contribution in [1.29, 1.82) is 0 Å². The monoisotopic (exact) mass is 365 g/mol. The van der Waals surface area contributed by atoms with Gasteiger partial charge in [-0.2, -0.15) is 0 Å². The first-order chi connectivity index (χ1) is 12.6. The number of nitrogens with one attached hydrogen (secondary N) is 1. The van der Waals surface area contributed by atoms with E-state index in [9.17, 15) is 5.11 Å². The molecule has 1 unspecified atom stereocenters. The van der Waals surface area contributed by atoms with Gasteiger partial charge in [0.15, 0.2) is 11.5 Å². The summed E-state index contributed by atoms with van der Waals surface area (Å²) in [5.74, 6) is 1.85. The summed E-state index contributed by atoms with van der Waals surface area (Å²) in [6.07, 6.45) is 3.09. The van der Waals surface area contributed by atoms with Gasteiger partial charge in [0.1, 0.15) is 12.4 Å². The smallest absolute Gasteiger partial charge is 0.167 e. The van der Waals surface area contributed by atoms with Crippen molar-refractivity contribution in [2.75, 3.05) is 40.6 Å². The number of unbranched alkanes of at least 4 members (excludes halogenated alkanes) is 1. The Hall–Kier alpha value is -1.76. The van der Waals surface area contributed by atoms with Crippen molar-refractivity contribution >= 4 is 0 Å². The highest BCUT2D eigenvalue weighted by atomic mass is 16.5. The third-order valence-electron chi connectivity index (χ3n) is 4.59. The molecular formula is C20H31NO5. The van der Waals surface area contributed by atoms with Crippen molar-refractivity contribution in [3.05, 3.63) is 29.3 Å². The number of hydrogen-bond donors (Lipinski definition) is 2. The summed E-state index contributed by atoms with van der Waals surface area (Å²) in [6, 6.07) is -0.110. The number of fused-ring (bicyclic) bond motifs is 1. The van der Waals surface area contributed by atoms with Crippen molar-refractivity contribution in [3.8, 4) is 17.2 Å². The molecule has 26 heavy (non-hydrogen) atoms. The van der Waals surface area contributed by atoms with Crippen LogP contribution in [0.4, 0.5) is 0 Å². The summed E-state index contributed by atoms with van der Waals surface area (Å²) in [5, 5.41) is 14.0. The maximum absolute atomic E-state index is 10.7. The molecule has 0 amide bonds. The second kappa shape index (κ2) is 9.80. The molecule has 0 spiro atoms. The van der Waals surface area contributed by atoms with Crippen LogP contribution in [0.5, 0.6) is 17.2 Å². The van der Waals surface area contributed by atoms with Crippen molar-refractivity contribution < 1.29 is 24.1 Å². The minimum atomic E-state index is -0.699. The highest BCUT2D eigenvalue weighted by Crippen LogP contribution is 2.49. The molecule has 6 nitrogen and oxygen atoms in total. The number of β-amino-alcohol motifs (C(OH)–C–C–N with tert-alkyl or cyclic N) is 1. The number of hydrogen-bond acceptors (Lipinski definition) is 6. The summed E-state index contributed by atoms with van der Waals surface area (Å²) in [7, 11) is 3.21. The summed E-state index contributed by atoms with van der Waals surface area (Å²) >= 11 is 0. The Morgan fingerprint density at radius 3 is 2.54 bits per heavy atom. The zero-order chi connectivity index (χ0) is 19.1. The summed E-state index contributed by atoms with van der Waals surface area (Å²) < 4.78 is 23.0. The lowest BCUT2D eigenvalue weighted by Crippen LogP contribution is -2.36. The Labute approximate surface area is 156 Å². The van der Waals surface area contributed by atoms with Crippen LogP contribution in [0.1, 0.15) is 48.6 Å². The number of rotatable bonds is 10. The Morgan fingerprint density at radius 1 is 1.19 bits per heavy atom. The van der Waals surface area contributed by atoms with E-state index in [1.165, 1.54) is 0 Å². The topological polar surface area (TPSA) is 69.2 Å². The first-order valence-corrected chi connectivity index (χ1v) is 9.11. The zero-order valence-electron chi connectivity index (χ0n) is 16.3. The van der Waals surface area contributed by atoms with Crippen LogP contribution < -0.4 is 19.5 Å². The van der Waals surface area contributed by atoms with Gasteiger partial charge in [0.2, 0.25) is 0 Å². The van der Waals surface area contributed by atoms with Gasteiger partial charge in [-0.1, -0.05) is 26.0 Å². The molecule has 146 valence electrons. The predicted molar refractivity (Wildman–Crippen MR) is 101 cm³/mol. The number of aliphatic hydroxyl groups is 1. The minimum absolute atomic E-state index is 0.110. The van der Waals surface area contributed by atoms with Crippen molar-refractivity contribution in [1.82, 2.24) is 5.32 Å². The zero-order valence-corrected chi connectivity index (χ0v) is 16.3. The van der Waals surface area contributed by atoms with E-state index in [0.29, 0.717) is 43.6 Å². The first kappa shape index (κ1) is 20.6. The van der Waals surface area contributed by atoms with Crippen LogP contribution in [0.25, 0.3) is 0 Å². The maximum Gasteiger partial charge on any atom is 0.167 e. The van der Waals surface area contributed by atoms with E-state index < -0.39 is 6.10 Å². The van der Waals surface area contributed by atoms with Gasteiger partial charge in [0.25, 0.3) is 0 Å². The van der Waals surface area contributed by atoms with Crippen LogP contribution in [-0.4, -0.2) is 45.7 Å². The van der Waals surface area contributed by atoms with Gasteiger partial charge in [-0.05, 0) is 13.3 Å². The number of ether oxygens (including phenoxy) is 4. The molecular weight excluding hydrogens is 334 g/mol. The van der Waals surface area contributed by atoms with E-state index in [1.807, 2.05) is 6.92 Å². The predicted octanol–water partition coefficient (Wildman–Crippen LogP) is 3.07. The van der Waals surface area contributed by atoms with E-state index in [4.69, 9.17) is 18.9 Å². The van der Waals surface area contributed by atoms with Gasteiger partial charge in [0.05, 0.1) is 33.0 Å². The SMILES string of the molecule is C=CCOc1c(C)c(OC)c(OC)c2c1C(O)CN[C@H]2COCCCC. The molecule has 2 N–H and O–H groups in total. The van der Waals surface area contributed by atoms with Crippen LogP contribution in [0.15, 0.2) is 12.7 Å². The van der Waals surface area contributed by atoms with E-state index in [-0.39, 0.29) is 6.04 Å². The normalized spacial score (nSPS) is 19.0. The molecule has 1 aliphatic heterocycles. The Morgan fingerprint density at radius 2 is 1.92 bits per heavy atom. The maximum atomic E-state index is 10.7. The fourth-order valence-corrected chi connectivity index (χ4v) is 3.34. The summed E-state index contributed by atoms with van der Waals surface area (Å²) in [6.45, 7) is 9.71. The van der Waals surface area contributed by atoms with Gasteiger partial charge in [-0.15, -0.1) is 0 Å². The van der Waals surface area contributed by atoms with E-state index in [0.717, 1.165) is 29.5 Å². The lowest BCUT2D eigenvalue weighted by Gasteiger charge is -2.34. The third kappa shape index (κ3) is 4.14. The highest BCUT2D eigenvalue weighted by Gasteiger charge is 2.36. The molecule has 2 rings (SSSR count). The fourth-order valence-electron chi connectivity index (χ4n) is 3.34. The van der Waals surface area contributed by atoms with Crippen LogP contribution in [0.2, 0.25) is 0 Å². The molecule has 1 aromatic rings. The molecule has 1 heterocycles. The quantitative estimate of drug-likeness (QED) is 0.491. The van der Waals surface area contributed by atoms with Crippen LogP contribution >= 0.6 is 0 Å². The summed E-state index contributed by atoms with van der Waals surface area (Å²) in [5.41, 5.74) is 2.38. The lowest BCUT2D eigenvalue weighted by atomic mass is 9.88. The van der Waals surface area contributed by atoms with E-state index >= 15 is 0 Å². The molecule has 1 aliphatic rings. The lowest BCUT2D eigenvalue weighted by molar-refractivity contribution is 0.0876. The number of methoxy groups -OCH3 is 2. The average molecular weight is 365 g/mol. The Bertz CT molecular complexity index is 617. The Kier molecular flexibility index (Phi) is 7.75. The second-order valence-corrected chi connectivity index (χ2v) is 6.35. The van der Waals surface area contributed by atoms with Crippen LogP contribution in [0, 0.1) is 6.92 Å². The number of aliphatic hydroxyl groups excluding tert-OH is 1. The second-order valence-electron chi connectivity index (χ2n) is 6.35. The molecule has 2 atom stereocenters. The Balaban J connectivity index is 2.52. The standard InChI is InChI=1S/C20H31NO5/c1-6-8-10-25-12-14-16-17(15(22)11-21-14)18(26-9-7-2)13(3)19(23-4)20(16)24-5/h7,14-15,21-22H,2,6,8-12H2,1,3-5H3/t14-,15?/m0/s1. The van der Waals surface area contributed by atoms with E-state index in [2.05, 4.69) is 18.8 Å². The molecule has 0 fully saturated rings. The average Bonchev–Trinajstić information content (AvgIpc) is 2.65. The molecule has 1 aromatic carbocycles. The minimum Gasteiger partial charge on any atom is -0.492 e. The molecule has 0 bridgehead atoms. The van der Waals surface area contributed by atoms with Crippen molar-refractivity contribution in [3.63, 3.8) is 0 Å². The molecule has 0 aliphatic carbocycles. The largest absolute Gasteiger partial charge is 0.492 e. The molecule has 0 saturated carbocycles. The van der Waals surface area contributed by atoms with E-state index in [1.54, 1.807) is 20.3 Å². The third-order valence-corrected chi connectivity index (χ3v) is 4.59. The van der Waals surface area contributed by atoms with Gasteiger partial charge in [-0.3, -0.25) is 0 Å². The van der Waals surface area contributed by atoms with Gasteiger partial charge in [0, 0.05) is 29.8 Å². The van der Waals surface area contributed by atoms with Gasteiger partial charge < -0.3 is 29.4 Å². The first-order valence-electron chi connectivity index (χ1n) is 9.11.